The molecular weight excluding hydrogens is 372 g/mol. The predicted octanol–water partition coefficient (Wildman–Crippen LogP) is 3.68. The second-order valence-corrected chi connectivity index (χ2v) is 5.79. The molecule has 126 valence electrons. The average molecular weight is 391 g/mol. The highest BCUT2D eigenvalue weighted by Crippen LogP contribution is 2.15. The van der Waals surface area contributed by atoms with Crippen LogP contribution in [0.5, 0.6) is 0 Å². The van der Waals surface area contributed by atoms with Crippen molar-refractivity contribution in [2.75, 3.05) is 13.1 Å². The molecule has 0 aliphatic rings. The summed E-state index contributed by atoms with van der Waals surface area (Å²) in [5.74, 6) is -0.570. The quantitative estimate of drug-likeness (QED) is 0.765. The first-order chi connectivity index (χ1) is 11.5. The van der Waals surface area contributed by atoms with Gasteiger partial charge in [-0.05, 0) is 53.5 Å². The van der Waals surface area contributed by atoms with Crippen LogP contribution in [0.2, 0.25) is 0 Å². The standard InChI is InChI=1S/C18H19BrN2O3/c1-3-21(4-2)18(23)14(12-13-8-6-5-7-9-13)20-17(22)15-10-11-16(19)24-15/h5-12H,3-4H2,1-2H3,(H,20,22). The van der Waals surface area contributed by atoms with Crippen molar-refractivity contribution < 1.29 is 14.0 Å². The zero-order chi connectivity index (χ0) is 17.5. The molecule has 5 nitrogen and oxygen atoms in total. The number of halogens is 1. The van der Waals surface area contributed by atoms with Gasteiger partial charge in [-0.2, -0.15) is 0 Å². The van der Waals surface area contributed by atoms with E-state index in [0.717, 1.165) is 5.56 Å². The molecule has 1 aromatic carbocycles. The molecule has 0 saturated heterocycles. The third kappa shape index (κ3) is 4.58. The van der Waals surface area contributed by atoms with Crippen molar-refractivity contribution in [1.82, 2.24) is 10.2 Å². The summed E-state index contributed by atoms with van der Waals surface area (Å²) in [6.07, 6.45) is 1.66. The van der Waals surface area contributed by atoms with Gasteiger partial charge < -0.3 is 14.6 Å². The number of nitrogens with zero attached hydrogens (tertiary/aromatic N) is 1. The minimum absolute atomic E-state index is 0.133. The van der Waals surface area contributed by atoms with Gasteiger partial charge in [0, 0.05) is 13.1 Å². The lowest BCUT2D eigenvalue weighted by molar-refractivity contribution is -0.127. The largest absolute Gasteiger partial charge is 0.444 e. The highest BCUT2D eigenvalue weighted by atomic mass is 79.9. The molecule has 6 heteroatoms. The van der Waals surface area contributed by atoms with Gasteiger partial charge in [-0.25, -0.2) is 0 Å². The van der Waals surface area contributed by atoms with Crippen molar-refractivity contribution in [1.29, 1.82) is 0 Å². The van der Waals surface area contributed by atoms with E-state index in [1.54, 1.807) is 23.1 Å². The van der Waals surface area contributed by atoms with Crippen LogP contribution in [0.3, 0.4) is 0 Å². The van der Waals surface area contributed by atoms with E-state index in [2.05, 4.69) is 21.2 Å². The molecule has 0 atom stereocenters. The van der Waals surface area contributed by atoms with Gasteiger partial charge >= 0.3 is 0 Å². The number of nitrogens with one attached hydrogen (secondary N) is 1. The normalized spacial score (nSPS) is 11.2. The second-order valence-electron chi connectivity index (χ2n) is 5.00. The maximum absolute atomic E-state index is 12.7. The molecule has 0 aliphatic heterocycles. The van der Waals surface area contributed by atoms with Crippen LogP contribution < -0.4 is 5.32 Å². The van der Waals surface area contributed by atoms with Crippen LogP contribution in [0.1, 0.15) is 30.0 Å². The summed E-state index contributed by atoms with van der Waals surface area (Å²) in [7, 11) is 0. The molecule has 1 aromatic heterocycles. The molecule has 2 rings (SSSR count). The first-order valence-corrected chi connectivity index (χ1v) is 8.47. The fourth-order valence-electron chi connectivity index (χ4n) is 2.17. The molecule has 0 spiro atoms. The van der Waals surface area contributed by atoms with Gasteiger partial charge in [-0.3, -0.25) is 9.59 Å². The van der Waals surface area contributed by atoms with Crippen LogP contribution in [0.15, 0.2) is 57.2 Å². The Morgan fingerprint density at radius 2 is 1.79 bits per heavy atom. The van der Waals surface area contributed by atoms with E-state index in [1.807, 2.05) is 44.2 Å². The molecule has 0 radical (unpaired) electrons. The van der Waals surface area contributed by atoms with E-state index in [-0.39, 0.29) is 17.4 Å². The van der Waals surface area contributed by atoms with Crippen LogP contribution in [-0.4, -0.2) is 29.8 Å². The molecule has 2 amide bonds. The summed E-state index contributed by atoms with van der Waals surface area (Å²) in [6, 6.07) is 12.5. The van der Waals surface area contributed by atoms with Crippen molar-refractivity contribution in [3.8, 4) is 0 Å². The van der Waals surface area contributed by atoms with Crippen molar-refractivity contribution >= 4 is 33.8 Å². The summed E-state index contributed by atoms with van der Waals surface area (Å²) in [5, 5.41) is 2.66. The third-order valence-corrected chi connectivity index (χ3v) is 3.86. The number of benzene rings is 1. The summed E-state index contributed by atoms with van der Waals surface area (Å²) >= 11 is 3.16. The molecule has 1 N–H and O–H groups in total. The van der Waals surface area contributed by atoms with Gasteiger partial charge in [-0.1, -0.05) is 30.3 Å². The zero-order valence-electron chi connectivity index (χ0n) is 13.6. The van der Waals surface area contributed by atoms with E-state index < -0.39 is 5.91 Å². The molecule has 0 aliphatic carbocycles. The fourth-order valence-corrected chi connectivity index (χ4v) is 2.48. The van der Waals surface area contributed by atoms with E-state index in [9.17, 15) is 9.59 Å². The van der Waals surface area contributed by atoms with Gasteiger partial charge in [0.2, 0.25) is 0 Å². The third-order valence-electron chi connectivity index (χ3n) is 3.44. The molecule has 0 saturated carbocycles. The summed E-state index contributed by atoms with van der Waals surface area (Å²) < 4.78 is 5.70. The molecule has 0 fully saturated rings. The van der Waals surface area contributed by atoms with Gasteiger partial charge in [-0.15, -0.1) is 0 Å². The number of amides is 2. The van der Waals surface area contributed by atoms with Crippen molar-refractivity contribution in [2.24, 2.45) is 0 Å². The summed E-state index contributed by atoms with van der Waals surface area (Å²) in [4.78, 5) is 26.7. The Hall–Kier alpha value is -2.34. The van der Waals surface area contributed by atoms with Crippen LogP contribution in [0.4, 0.5) is 0 Å². The lowest BCUT2D eigenvalue weighted by Gasteiger charge is -2.20. The van der Waals surface area contributed by atoms with Crippen LogP contribution in [-0.2, 0) is 4.79 Å². The van der Waals surface area contributed by atoms with Crippen LogP contribution in [0, 0.1) is 0 Å². The Labute approximate surface area is 149 Å². The number of hydrogen-bond acceptors (Lipinski definition) is 3. The lowest BCUT2D eigenvalue weighted by Crippen LogP contribution is -2.38. The fraction of sp³-hybridized carbons (Fsp3) is 0.222. The molecule has 1 heterocycles. The maximum Gasteiger partial charge on any atom is 0.291 e. The van der Waals surface area contributed by atoms with E-state index in [1.165, 1.54) is 0 Å². The highest BCUT2D eigenvalue weighted by molar-refractivity contribution is 9.10. The predicted molar refractivity (Wildman–Crippen MR) is 96.2 cm³/mol. The highest BCUT2D eigenvalue weighted by Gasteiger charge is 2.20. The van der Waals surface area contributed by atoms with E-state index in [4.69, 9.17) is 4.42 Å². The Morgan fingerprint density at radius 1 is 1.12 bits per heavy atom. The molecule has 24 heavy (non-hydrogen) atoms. The lowest BCUT2D eigenvalue weighted by atomic mass is 10.1. The first kappa shape index (κ1) is 18.0. The van der Waals surface area contributed by atoms with Gasteiger partial charge in [0.15, 0.2) is 10.4 Å². The summed E-state index contributed by atoms with van der Waals surface area (Å²) in [5.41, 5.74) is 1.04. The second kappa shape index (κ2) is 8.49. The van der Waals surface area contributed by atoms with Crippen LogP contribution in [0.25, 0.3) is 6.08 Å². The number of likely N-dealkylation sites (N-methyl/N-ethyl adjacent to an activating group) is 1. The minimum atomic E-state index is -0.469. The van der Waals surface area contributed by atoms with Crippen molar-refractivity contribution in [3.05, 3.63) is 64.2 Å². The monoisotopic (exact) mass is 390 g/mol. The van der Waals surface area contributed by atoms with E-state index in [0.29, 0.717) is 17.8 Å². The number of carbonyl (C=O) groups is 2. The number of carbonyl (C=O) groups excluding carboxylic acids is 2. The SMILES string of the molecule is CCN(CC)C(=O)C(=Cc1ccccc1)NC(=O)c1ccc(Br)o1. The molecule has 2 aromatic rings. The first-order valence-electron chi connectivity index (χ1n) is 7.67. The van der Waals surface area contributed by atoms with Crippen molar-refractivity contribution in [2.45, 2.75) is 13.8 Å². The zero-order valence-corrected chi connectivity index (χ0v) is 15.2. The number of furan rings is 1. The minimum Gasteiger partial charge on any atom is -0.444 e. The molecule has 0 unspecified atom stereocenters. The molecule has 0 bridgehead atoms. The Kier molecular flexibility index (Phi) is 6.37. The Morgan fingerprint density at radius 3 is 2.33 bits per heavy atom. The Bertz CT molecular complexity index is 734. The van der Waals surface area contributed by atoms with Crippen molar-refractivity contribution in [3.63, 3.8) is 0 Å². The van der Waals surface area contributed by atoms with Gasteiger partial charge in [0.1, 0.15) is 5.70 Å². The molecular formula is C18H19BrN2O3. The smallest absolute Gasteiger partial charge is 0.291 e. The Balaban J connectivity index is 2.30. The number of hydrogen-bond donors (Lipinski definition) is 1. The number of rotatable bonds is 6. The topological polar surface area (TPSA) is 62.6 Å². The van der Waals surface area contributed by atoms with Gasteiger partial charge in [0.25, 0.3) is 11.8 Å². The summed E-state index contributed by atoms with van der Waals surface area (Å²) in [6.45, 7) is 4.91. The average Bonchev–Trinajstić information content (AvgIpc) is 3.03. The van der Waals surface area contributed by atoms with E-state index >= 15 is 0 Å². The maximum atomic E-state index is 12.7. The van der Waals surface area contributed by atoms with Gasteiger partial charge in [0.05, 0.1) is 0 Å². The van der Waals surface area contributed by atoms with Crippen LogP contribution >= 0.6 is 15.9 Å².